The predicted octanol–water partition coefficient (Wildman–Crippen LogP) is 2.54. The standard InChI is InChI=1S/C11H12O/c1-3-11(12-2)9-10-7-5-4-6-8-10/h4-8H,1,9H2,2H3. The first-order valence-corrected chi connectivity index (χ1v) is 3.83. The lowest BCUT2D eigenvalue weighted by molar-refractivity contribution is 0.284. The summed E-state index contributed by atoms with van der Waals surface area (Å²) in [6.45, 7) is 3.54. The summed E-state index contributed by atoms with van der Waals surface area (Å²) in [6.07, 6.45) is 0.765. The molecule has 0 heterocycles. The Hall–Kier alpha value is -1.46. The van der Waals surface area contributed by atoms with Gasteiger partial charge >= 0.3 is 0 Å². The number of rotatable bonds is 3. The third-order valence-electron chi connectivity index (χ3n) is 1.65. The van der Waals surface area contributed by atoms with E-state index in [1.807, 2.05) is 18.2 Å². The quantitative estimate of drug-likeness (QED) is 0.487. The number of benzene rings is 1. The van der Waals surface area contributed by atoms with Crippen LogP contribution in [0.1, 0.15) is 5.56 Å². The zero-order chi connectivity index (χ0) is 8.81. The lowest BCUT2D eigenvalue weighted by Gasteiger charge is -2.02. The summed E-state index contributed by atoms with van der Waals surface area (Å²) in [7, 11) is 1.64. The molecule has 1 rings (SSSR count). The molecule has 0 unspecified atom stereocenters. The Labute approximate surface area is 73.0 Å². The maximum Gasteiger partial charge on any atom is 0.141 e. The van der Waals surface area contributed by atoms with Gasteiger partial charge in [0.2, 0.25) is 0 Å². The molecule has 0 fully saturated rings. The van der Waals surface area contributed by atoms with Crippen LogP contribution in [-0.4, -0.2) is 7.11 Å². The van der Waals surface area contributed by atoms with Crippen LogP contribution < -0.4 is 0 Å². The lowest BCUT2D eigenvalue weighted by atomic mass is 10.1. The van der Waals surface area contributed by atoms with Crippen molar-refractivity contribution in [3.05, 3.63) is 54.0 Å². The van der Waals surface area contributed by atoms with Crippen molar-refractivity contribution in [1.29, 1.82) is 0 Å². The van der Waals surface area contributed by atoms with E-state index in [1.165, 1.54) is 5.56 Å². The van der Waals surface area contributed by atoms with Crippen LogP contribution in [0.15, 0.2) is 48.4 Å². The molecule has 0 aromatic heterocycles. The van der Waals surface area contributed by atoms with Gasteiger partial charge in [-0.15, -0.1) is 0 Å². The minimum absolute atomic E-state index is 0.765. The molecule has 0 aliphatic carbocycles. The average Bonchev–Trinajstić information content (AvgIpc) is 2.16. The number of ether oxygens (including phenoxy) is 1. The van der Waals surface area contributed by atoms with E-state index in [0.29, 0.717) is 0 Å². The molecule has 0 spiro atoms. The van der Waals surface area contributed by atoms with Crippen molar-refractivity contribution in [2.45, 2.75) is 6.42 Å². The van der Waals surface area contributed by atoms with Gasteiger partial charge in [-0.2, -0.15) is 0 Å². The van der Waals surface area contributed by atoms with Crippen LogP contribution in [0.2, 0.25) is 0 Å². The molecule has 1 heteroatoms. The van der Waals surface area contributed by atoms with Crippen molar-refractivity contribution in [2.75, 3.05) is 7.11 Å². The van der Waals surface area contributed by atoms with Crippen molar-refractivity contribution in [2.24, 2.45) is 0 Å². The fraction of sp³-hybridized carbons (Fsp3) is 0.182. The number of hydrogen-bond donors (Lipinski definition) is 0. The maximum atomic E-state index is 5.05. The highest BCUT2D eigenvalue weighted by molar-refractivity contribution is 5.19. The SMILES string of the molecule is C=C=C(Cc1ccccc1)OC. The Morgan fingerprint density at radius 2 is 2.08 bits per heavy atom. The number of methoxy groups -OCH3 is 1. The summed E-state index contributed by atoms with van der Waals surface area (Å²) < 4.78 is 5.05. The Morgan fingerprint density at radius 1 is 1.42 bits per heavy atom. The Balaban J connectivity index is 2.70. The Morgan fingerprint density at radius 3 is 2.58 bits per heavy atom. The second-order valence-electron chi connectivity index (χ2n) is 2.47. The van der Waals surface area contributed by atoms with E-state index in [1.54, 1.807) is 7.11 Å². The van der Waals surface area contributed by atoms with Crippen LogP contribution in [0.3, 0.4) is 0 Å². The molecule has 0 radical (unpaired) electrons. The largest absolute Gasteiger partial charge is 0.493 e. The second kappa shape index (κ2) is 4.42. The highest BCUT2D eigenvalue weighted by Gasteiger charge is 1.95. The molecule has 0 N–H and O–H groups in total. The summed E-state index contributed by atoms with van der Waals surface area (Å²) in [5.41, 5.74) is 3.96. The normalized spacial score (nSPS) is 8.75. The molecule has 0 atom stereocenters. The van der Waals surface area contributed by atoms with Crippen LogP contribution in [0.4, 0.5) is 0 Å². The predicted molar refractivity (Wildman–Crippen MR) is 49.8 cm³/mol. The van der Waals surface area contributed by atoms with Gasteiger partial charge in [-0.3, -0.25) is 0 Å². The van der Waals surface area contributed by atoms with Gasteiger partial charge < -0.3 is 4.74 Å². The topological polar surface area (TPSA) is 9.23 Å². The minimum Gasteiger partial charge on any atom is -0.493 e. The molecule has 62 valence electrons. The summed E-state index contributed by atoms with van der Waals surface area (Å²) >= 11 is 0. The average molecular weight is 160 g/mol. The van der Waals surface area contributed by atoms with Gasteiger partial charge in [-0.1, -0.05) is 42.6 Å². The maximum absolute atomic E-state index is 5.05. The van der Waals surface area contributed by atoms with E-state index in [2.05, 4.69) is 24.4 Å². The first-order valence-electron chi connectivity index (χ1n) is 3.83. The summed E-state index contributed by atoms with van der Waals surface area (Å²) in [4.78, 5) is 0. The molecule has 0 bridgehead atoms. The van der Waals surface area contributed by atoms with Crippen molar-refractivity contribution in [3.63, 3.8) is 0 Å². The highest BCUT2D eigenvalue weighted by Crippen LogP contribution is 2.06. The summed E-state index contributed by atoms with van der Waals surface area (Å²) in [6, 6.07) is 10.1. The van der Waals surface area contributed by atoms with E-state index in [0.717, 1.165) is 12.2 Å². The zero-order valence-electron chi connectivity index (χ0n) is 7.21. The Bertz CT molecular complexity index is 281. The van der Waals surface area contributed by atoms with Crippen LogP contribution in [-0.2, 0) is 11.2 Å². The molecule has 0 amide bonds. The van der Waals surface area contributed by atoms with Crippen molar-refractivity contribution in [3.8, 4) is 0 Å². The van der Waals surface area contributed by atoms with E-state index in [-0.39, 0.29) is 0 Å². The zero-order valence-corrected chi connectivity index (χ0v) is 7.21. The Kier molecular flexibility index (Phi) is 3.18. The molecule has 12 heavy (non-hydrogen) atoms. The summed E-state index contributed by atoms with van der Waals surface area (Å²) in [5, 5.41) is 0. The van der Waals surface area contributed by atoms with Gasteiger partial charge in [0.25, 0.3) is 0 Å². The molecule has 1 nitrogen and oxygen atoms in total. The van der Waals surface area contributed by atoms with Crippen LogP contribution in [0, 0.1) is 0 Å². The van der Waals surface area contributed by atoms with Gasteiger partial charge in [0.05, 0.1) is 7.11 Å². The van der Waals surface area contributed by atoms with Crippen molar-refractivity contribution < 1.29 is 4.74 Å². The molecular formula is C11H12O. The van der Waals surface area contributed by atoms with E-state index in [4.69, 9.17) is 4.74 Å². The molecule has 1 aromatic carbocycles. The third kappa shape index (κ3) is 2.30. The first-order chi connectivity index (χ1) is 5.86. The molecule has 0 saturated carbocycles. The fourth-order valence-electron chi connectivity index (χ4n) is 0.988. The van der Waals surface area contributed by atoms with E-state index in [9.17, 15) is 0 Å². The molecular weight excluding hydrogens is 148 g/mol. The van der Waals surface area contributed by atoms with Gasteiger partial charge in [-0.25, -0.2) is 0 Å². The third-order valence-corrected chi connectivity index (χ3v) is 1.65. The fourth-order valence-corrected chi connectivity index (χ4v) is 0.988. The smallest absolute Gasteiger partial charge is 0.141 e. The van der Waals surface area contributed by atoms with E-state index >= 15 is 0 Å². The minimum atomic E-state index is 0.765. The van der Waals surface area contributed by atoms with Crippen LogP contribution >= 0.6 is 0 Å². The van der Waals surface area contributed by atoms with Crippen molar-refractivity contribution in [1.82, 2.24) is 0 Å². The first kappa shape index (κ1) is 8.63. The molecule has 0 aliphatic heterocycles. The van der Waals surface area contributed by atoms with Crippen molar-refractivity contribution >= 4 is 0 Å². The second-order valence-corrected chi connectivity index (χ2v) is 2.47. The van der Waals surface area contributed by atoms with Gasteiger partial charge in [0.15, 0.2) is 0 Å². The lowest BCUT2D eigenvalue weighted by Crippen LogP contribution is -1.90. The number of hydrogen-bond acceptors (Lipinski definition) is 1. The van der Waals surface area contributed by atoms with Crippen LogP contribution in [0.25, 0.3) is 0 Å². The molecule has 0 aliphatic rings. The van der Waals surface area contributed by atoms with Gasteiger partial charge in [-0.05, 0) is 5.56 Å². The number of allylic oxidation sites excluding steroid dienone is 1. The van der Waals surface area contributed by atoms with Gasteiger partial charge in [0.1, 0.15) is 5.76 Å². The summed E-state index contributed by atoms with van der Waals surface area (Å²) in [5.74, 6) is 0.779. The van der Waals surface area contributed by atoms with Crippen LogP contribution in [0.5, 0.6) is 0 Å². The van der Waals surface area contributed by atoms with Gasteiger partial charge in [0, 0.05) is 6.42 Å². The molecule has 1 aromatic rings. The monoisotopic (exact) mass is 160 g/mol. The van der Waals surface area contributed by atoms with E-state index < -0.39 is 0 Å². The highest BCUT2D eigenvalue weighted by atomic mass is 16.5. The molecule has 0 saturated heterocycles.